The van der Waals surface area contributed by atoms with E-state index in [2.05, 4.69) is 11.0 Å². The van der Waals surface area contributed by atoms with Crippen LogP contribution < -0.4 is 9.47 Å². The molecule has 1 saturated heterocycles. The molecule has 1 aliphatic heterocycles. The largest absolute Gasteiger partial charge is 0.497 e. The van der Waals surface area contributed by atoms with E-state index in [1.807, 2.05) is 24.3 Å². The molecule has 1 fully saturated rings. The molecule has 0 unspecified atom stereocenters. The minimum absolute atomic E-state index is 0.0437. The van der Waals surface area contributed by atoms with Crippen LogP contribution in [0.3, 0.4) is 0 Å². The quantitative estimate of drug-likeness (QED) is 0.450. The van der Waals surface area contributed by atoms with Crippen LogP contribution in [0.5, 0.6) is 11.5 Å². The number of ether oxygens (including phenoxy) is 2. The summed E-state index contributed by atoms with van der Waals surface area (Å²) in [6.07, 6.45) is -0.563. The molecule has 0 spiro atoms. The SMILES string of the molecule is COc1cccc(C(=O)[C@H]2CN(C[C@@H](C)O)C[C@H](c3[c]cccc3OC)[C@H]2c2cccc(F)c2C)c1. The Morgan fingerprint density at radius 2 is 1.92 bits per heavy atom. The summed E-state index contributed by atoms with van der Waals surface area (Å²) < 4.78 is 25.9. The minimum Gasteiger partial charge on any atom is -0.497 e. The number of nitrogens with zero attached hydrogens (tertiary/aromatic N) is 1. The van der Waals surface area contributed by atoms with Gasteiger partial charge in [-0.1, -0.05) is 36.4 Å². The van der Waals surface area contributed by atoms with Gasteiger partial charge in [-0.25, -0.2) is 4.39 Å². The minimum atomic E-state index is -0.563. The van der Waals surface area contributed by atoms with Gasteiger partial charge in [-0.2, -0.15) is 0 Å². The second kappa shape index (κ2) is 11.2. The zero-order valence-corrected chi connectivity index (χ0v) is 21.2. The fraction of sp³-hybridized carbons (Fsp3) is 0.367. The number of benzene rings is 3. The number of methoxy groups -OCH3 is 2. The van der Waals surface area contributed by atoms with Crippen molar-refractivity contribution in [1.29, 1.82) is 0 Å². The van der Waals surface area contributed by atoms with Gasteiger partial charge in [0.25, 0.3) is 0 Å². The predicted octanol–water partition coefficient (Wildman–Crippen LogP) is 5.01. The molecule has 5 nitrogen and oxygen atoms in total. The van der Waals surface area contributed by atoms with Gasteiger partial charge in [0.1, 0.15) is 17.3 Å². The fourth-order valence-corrected chi connectivity index (χ4v) is 5.49. The normalized spacial score (nSPS) is 21.1. The lowest BCUT2D eigenvalue weighted by molar-refractivity contribution is 0.0590. The van der Waals surface area contributed by atoms with Crippen molar-refractivity contribution in [3.63, 3.8) is 0 Å². The highest BCUT2D eigenvalue weighted by Gasteiger charge is 2.44. The third-order valence-corrected chi connectivity index (χ3v) is 7.10. The summed E-state index contributed by atoms with van der Waals surface area (Å²) in [5.74, 6) is -0.0926. The molecule has 0 saturated carbocycles. The number of rotatable bonds is 8. The number of aliphatic hydroxyl groups is 1. The van der Waals surface area contributed by atoms with E-state index >= 15 is 0 Å². The number of carbonyl (C=O) groups is 1. The molecule has 1 heterocycles. The van der Waals surface area contributed by atoms with Crippen LogP contribution in [0.4, 0.5) is 4.39 Å². The van der Waals surface area contributed by atoms with Gasteiger partial charge in [0.2, 0.25) is 0 Å². The summed E-state index contributed by atoms with van der Waals surface area (Å²) in [5, 5.41) is 10.2. The molecule has 1 N–H and O–H groups in total. The van der Waals surface area contributed by atoms with Crippen LogP contribution in [0.25, 0.3) is 0 Å². The number of hydrogen-bond acceptors (Lipinski definition) is 5. The monoisotopic (exact) mass is 490 g/mol. The zero-order chi connectivity index (χ0) is 25.8. The lowest BCUT2D eigenvalue weighted by Crippen LogP contribution is -2.49. The molecule has 6 heteroatoms. The summed E-state index contributed by atoms with van der Waals surface area (Å²) in [4.78, 5) is 16.2. The predicted molar refractivity (Wildman–Crippen MR) is 137 cm³/mol. The Labute approximate surface area is 212 Å². The third kappa shape index (κ3) is 5.30. The van der Waals surface area contributed by atoms with Crippen LogP contribution in [-0.4, -0.2) is 55.7 Å². The summed E-state index contributed by atoms with van der Waals surface area (Å²) in [7, 11) is 3.19. The molecular formula is C30H33FNO4. The van der Waals surface area contributed by atoms with Crippen LogP contribution in [-0.2, 0) is 0 Å². The standard InChI is InChI=1S/C30H33FNO4/c1-19(33)16-32-17-25(24-11-5-6-14-28(24)36-4)29(23-12-8-13-27(31)20(23)2)26(18-32)30(34)21-9-7-10-22(15-21)35-3/h5-10,12-15,19,25-26,29,33H,16-18H2,1-4H3/t19-,25-,26+,29-/m1/s1. The Hall–Kier alpha value is -3.22. The van der Waals surface area contributed by atoms with E-state index < -0.39 is 12.0 Å². The van der Waals surface area contributed by atoms with Crippen molar-refractivity contribution in [3.05, 3.63) is 94.8 Å². The molecule has 0 aliphatic carbocycles. The summed E-state index contributed by atoms with van der Waals surface area (Å²) >= 11 is 0. The van der Waals surface area contributed by atoms with Crippen molar-refractivity contribution in [2.75, 3.05) is 33.9 Å². The van der Waals surface area contributed by atoms with E-state index in [-0.39, 0.29) is 23.4 Å². The molecule has 4 rings (SSSR count). The van der Waals surface area contributed by atoms with Gasteiger partial charge < -0.3 is 14.6 Å². The maximum absolute atomic E-state index is 14.8. The van der Waals surface area contributed by atoms with Crippen molar-refractivity contribution in [3.8, 4) is 11.5 Å². The maximum Gasteiger partial charge on any atom is 0.167 e. The summed E-state index contributed by atoms with van der Waals surface area (Å²) in [5.41, 5.74) is 2.72. The number of piperidine rings is 1. The summed E-state index contributed by atoms with van der Waals surface area (Å²) in [6, 6.07) is 21.1. The van der Waals surface area contributed by atoms with Gasteiger partial charge in [-0.05, 0) is 55.3 Å². The van der Waals surface area contributed by atoms with E-state index in [0.717, 1.165) is 11.1 Å². The average molecular weight is 491 g/mol. The van der Waals surface area contributed by atoms with Crippen LogP contribution in [0.15, 0.2) is 60.7 Å². The number of halogens is 1. The third-order valence-electron chi connectivity index (χ3n) is 7.10. The Bertz CT molecular complexity index is 1210. The first kappa shape index (κ1) is 25.9. The van der Waals surface area contributed by atoms with Gasteiger partial charge in [-0.3, -0.25) is 9.69 Å². The Kier molecular flexibility index (Phi) is 8.07. The molecule has 3 aromatic rings. The molecule has 189 valence electrons. The second-order valence-electron chi connectivity index (χ2n) is 9.51. The molecule has 0 bridgehead atoms. The van der Waals surface area contributed by atoms with Gasteiger partial charge in [0.05, 0.1) is 20.3 Å². The van der Waals surface area contributed by atoms with Crippen LogP contribution >= 0.6 is 0 Å². The number of ketones is 1. The number of hydrogen-bond donors (Lipinski definition) is 1. The highest BCUT2D eigenvalue weighted by atomic mass is 19.1. The number of β-amino-alcohol motifs (C(OH)–C–C–N with tert-alkyl or cyclic N) is 1. The van der Waals surface area contributed by atoms with Crippen molar-refractivity contribution in [1.82, 2.24) is 4.90 Å². The van der Waals surface area contributed by atoms with Gasteiger partial charge in [0, 0.05) is 48.5 Å². The van der Waals surface area contributed by atoms with E-state index in [4.69, 9.17) is 9.47 Å². The maximum atomic E-state index is 14.8. The molecule has 0 aromatic heterocycles. The smallest absolute Gasteiger partial charge is 0.167 e. The molecule has 1 aliphatic rings. The summed E-state index contributed by atoms with van der Waals surface area (Å²) in [6.45, 7) is 4.94. The van der Waals surface area contributed by atoms with Crippen molar-refractivity contribution in [2.24, 2.45) is 5.92 Å². The van der Waals surface area contributed by atoms with Crippen LogP contribution in [0, 0.1) is 24.7 Å². The first-order valence-corrected chi connectivity index (χ1v) is 12.2. The average Bonchev–Trinajstić information content (AvgIpc) is 2.89. The molecule has 0 amide bonds. The van der Waals surface area contributed by atoms with Crippen molar-refractivity contribution >= 4 is 5.78 Å². The highest BCUT2D eigenvalue weighted by molar-refractivity contribution is 5.99. The van der Waals surface area contributed by atoms with Gasteiger partial charge >= 0.3 is 0 Å². The Morgan fingerprint density at radius 3 is 2.64 bits per heavy atom. The number of aliphatic hydroxyl groups excluding tert-OH is 1. The second-order valence-corrected chi connectivity index (χ2v) is 9.51. The number of Topliss-reactive ketones (excluding diaryl/α,β-unsaturated/α-hetero) is 1. The lowest BCUT2D eigenvalue weighted by Gasteiger charge is -2.45. The van der Waals surface area contributed by atoms with Gasteiger partial charge in [-0.15, -0.1) is 0 Å². The van der Waals surface area contributed by atoms with Crippen molar-refractivity contribution < 1.29 is 23.8 Å². The van der Waals surface area contributed by atoms with E-state index in [1.165, 1.54) is 6.07 Å². The number of likely N-dealkylation sites (tertiary alicyclic amines) is 1. The first-order valence-electron chi connectivity index (χ1n) is 12.2. The molecular weight excluding hydrogens is 457 g/mol. The van der Waals surface area contributed by atoms with Crippen LogP contribution in [0.1, 0.15) is 45.8 Å². The first-order chi connectivity index (χ1) is 17.3. The molecule has 4 atom stereocenters. The molecule has 3 aromatic carbocycles. The van der Waals surface area contributed by atoms with Crippen molar-refractivity contribution in [2.45, 2.75) is 31.8 Å². The fourth-order valence-electron chi connectivity index (χ4n) is 5.49. The number of carbonyl (C=O) groups excluding carboxylic acids is 1. The topological polar surface area (TPSA) is 59.0 Å². The van der Waals surface area contributed by atoms with Gasteiger partial charge in [0.15, 0.2) is 5.78 Å². The van der Waals surface area contributed by atoms with E-state index in [9.17, 15) is 14.3 Å². The Balaban J connectivity index is 1.90. The van der Waals surface area contributed by atoms with E-state index in [1.54, 1.807) is 58.4 Å². The van der Waals surface area contributed by atoms with Crippen LogP contribution in [0.2, 0.25) is 0 Å². The molecule has 1 radical (unpaired) electrons. The van der Waals surface area contributed by atoms with E-state index in [0.29, 0.717) is 42.3 Å². The lowest BCUT2D eigenvalue weighted by atomic mass is 9.67. The zero-order valence-electron chi connectivity index (χ0n) is 21.2. The highest BCUT2D eigenvalue weighted by Crippen LogP contribution is 2.47. The Morgan fingerprint density at radius 1 is 1.14 bits per heavy atom. The molecule has 36 heavy (non-hydrogen) atoms.